The number of nitrogens with two attached hydrogens (primary N) is 1. The van der Waals surface area contributed by atoms with E-state index in [-0.39, 0.29) is 36.2 Å². The van der Waals surface area contributed by atoms with Crippen molar-refractivity contribution in [2.45, 2.75) is 26.7 Å². The molecule has 1 fully saturated rings. The minimum absolute atomic E-state index is 0. The number of halogens is 1. The van der Waals surface area contributed by atoms with E-state index in [1.165, 1.54) is 0 Å². The van der Waals surface area contributed by atoms with Crippen molar-refractivity contribution in [2.24, 2.45) is 11.1 Å². The van der Waals surface area contributed by atoms with Gasteiger partial charge in [0.1, 0.15) is 0 Å². The van der Waals surface area contributed by atoms with Gasteiger partial charge in [-0.3, -0.25) is 9.59 Å². The molecule has 5 nitrogen and oxygen atoms in total. The van der Waals surface area contributed by atoms with Crippen molar-refractivity contribution in [3.05, 3.63) is 0 Å². The van der Waals surface area contributed by atoms with Gasteiger partial charge in [-0.2, -0.15) is 0 Å². The van der Waals surface area contributed by atoms with E-state index in [0.29, 0.717) is 26.1 Å². The number of amides is 2. The molecule has 0 spiro atoms. The van der Waals surface area contributed by atoms with E-state index in [0.717, 1.165) is 6.42 Å². The van der Waals surface area contributed by atoms with Gasteiger partial charge < -0.3 is 15.5 Å². The van der Waals surface area contributed by atoms with Crippen molar-refractivity contribution in [2.75, 3.05) is 33.2 Å². The third-order valence-corrected chi connectivity index (χ3v) is 3.14. The fourth-order valence-electron chi connectivity index (χ4n) is 1.95. The number of carbonyl (C=O) groups excluding carboxylic acids is 2. The molecule has 0 aromatic heterocycles. The summed E-state index contributed by atoms with van der Waals surface area (Å²) in [5, 5.41) is 0. The van der Waals surface area contributed by atoms with Crippen LogP contribution in [0.5, 0.6) is 0 Å². The second kappa shape index (κ2) is 6.95. The Hall–Kier alpha value is -0.810. The third kappa shape index (κ3) is 4.82. The lowest BCUT2D eigenvalue weighted by molar-refractivity contribution is -0.138. The first kappa shape index (κ1) is 17.2. The maximum Gasteiger partial charge on any atom is 0.241 e. The summed E-state index contributed by atoms with van der Waals surface area (Å²) < 4.78 is 0. The van der Waals surface area contributed by atoms with Crippen LogP contribution in [0.2, 0.25) is 0 Å². The van der Waals surface area contributed by atoms with Crippen molar-refractivity contribution in [1.29, 1.82) is 0 Å². The summed E-state index contributed by atoms with van der Waals surface area (Å²) in [5.74, 6) is 0.0756. The normalized spacial score (nSPS) is 15.6. The number of rotatable bonds is 5. The van der Waals surface area contributed by atoms with E-state index in [9.17, 15) is 9.59 Å². The largest absolute Gasteiger partial charge is 0.344 e. The quantitative estimate of drug-likeness (QED) is 0.795. The highest BCUT2D eigenvalue weighted by Crippen LogP contribution is 2.15. The van der Waals surface area contributed by atoms with Gasteiger partial charge in [-0.25, -0.2) is 0 Å². The minimum Gasteiger partial charge on any atom is -0.344 e. The van der Waals surface area contributed by atoms with E-state index in [1.807, 2.05) is 13.8 Å². The highest BCUT2D eigenvalue weighted by molar-refractivity contribution is 5.86. The molecule has 0 atom stereocenters. The molecule has 0 unspecified atom stereocenters. The van der Waals surface area contributed by atoms with Gasteiger partial charge in [0.15, 0.2) is 0 Å². The van der Waals surface area contributed by atoms with Gasteiger partial charge >= 0.3 is 0 Å². The molecular weight excluding hydrogens is 254 g/mol. The first-order chi connectivity index (χ1) is 7.85. The minimum atomic E-state index is -0.0839. The van der Waals surface area contributed by atoms with Crippen LogP contribution < -0.4 is 5.73 Å². The first-order valence-electron chi connectivity index (χ1n) is 6.07. The first-order valence-corrected chi connectivity index (χ1v) is 6.07. The summed E-state index contributed by atoms with van der Waals surface area (Å²) >= 11 is 0. The second-order valence-corrected chi connectivity index (χ2v) is 5.54. The standard InChI is InChI=1S/C12H23N3O2.ClH/c1-12(2,8-13)9-14(3)11(17)7-15-6-4-5-10(15)16;/h4-9,13H2,1-3H3;1H. The molecule has 2 amide bonds. The molecule has 1 aliphatic rings. The number of nitrogens with zero attached hydrogens (tertiary/aromatic N) is 2. The maximum atomic E-state index is 11.9. The Bertz CT molecular complexity index is 308. The Balaban J connectivity index is 0.00000289. The Morgan fingerprint density at radius 3 is 2.56 bits per heavy atom. The molecule has 1 rings (SSSR count). The average molecular weight is 278 g/mol. The molecule has 0 aliphatic carbocycles. The molecule has 18 heavy (non-hydrogen) atoms. The van der Waals surface area contributed by atoms with Crippen LogP contribution in [0.4, 0.5) is 0 Å². The summed E-state index contributed by atoms with van der Waals surface area (Å²) in [6, 6.07) is 0. The van der Waals surface area contributed by atoms with Crippen molar-refractivity contribution in [3.63, 3.8) is 0 Å². The molecule has 0 saturated carbocycles. The molecule has 6 heteroatoms. The number of carbonyl (C=O) groups is 2. The van der Waals surface area contributed by atoms with E-state index < -0.39 is 0 Å². The Labute approximate surface area is 115 Å². The molecule has 2 N–H and O–H groups in total. The van der Waals surface area contributed by atoms with Crippen LogP contribution in [0, 0.1) is 5.41 Å². The van der Waals surface area contributed by atoms with Gasteiger partial charge in [0, 0.05) is 26.6 Å². The van der Waals surface area contributed by atoms with Crippen LogP contribution in [-0.2, 0) is 9.59 Å². The summed E-state index contributed by atoms with van der Waals surface area (Å²) in [6.07, 6.45) is 1.44. The number of likely N-dealkylation sites (tertiary alicyclic amines) is 1. The lowest BCUT2D eigenvalue weighted by Crippen LogP contribution is -2.44. The van der Waals surface area contributed by atoms with Gasteiger partial charge in [-0.1, -0.05) is 13.8 Å². The zero-order chi connectivity index (χ0) is 13.1. The molecule has 1 aliphatic heterocycles. The van der Waals surface area contributed by atoms with Crippen molar-refractivity contribution in [1.82, 2.24) is 9.80 Å². The Kier molecular flexibility index (Phi) is 6.63. The number of hydrogen-bond donors (Lipinski definition) is 1. The van der Waals surface area contributed by atoms with Crippen LogP contribution in [0.3, 0.4) is 0 Å². The average Bonchev–Trinajstić information content (AvgIpc) is 2.64. The molecule has 1 saturated heterocycles. The summed E-state index contributed by atoms with van der Waals surface area (Å²) in [6.45, 7) is 6.11. The van der Waals surface area contributed by atoms with Gasteiger partial charge in [-0.05, 0) is 18.4 Å². The van der Waals surface area contributed by atoms with E-state index in [1.54, 1.807) is 16.8 Å². The summed E-state index contributed by atoms with van der Waals surface area (Å²) in [4.78, 5) is 26.6. The second-order valence-electron chi connectivity index (χ2n) is 5.54. The highest BCUT2D eigenvalue weighted by atomic mass is 35.5. The van der Waals surface area contributed by atoms with Gasteiger partial charge in [0.05, 0.1) is 6.54 Å². The molecule has 0 radical (unpaired) electrons. The van der Waals surface area contributed by atoms with E-state index >= 15 is 0 Å². The fraction of sp³-hybridized carbons (Fsp3) is 0.833. The van der Waals surface area contributed by atoms with Gasteiger partial charge in [0.25, 0.3) is 0 Å². The van der Waals surface area contributed by atoms with Crippen molar-refractivity contribution >= 4 is 24.2 Å². The molecule has 0 aromatic rings. The fourth-order valence-corrected chi connectivity index (χ4v) is 1.95. The molecule has 0 aromatic carbocycles. The van der Waals surface area contributed by atoms with Crippen molar-refractivity contribution in [3.8, 4) is 0 Å². The van der Waals surface area contributed by atoms with Crippen LogP contribution in [0.25, 0.3) is 0 Å². The smallest absolute Gasteiger partial charge is 0.241 e. The number of hydrogen-bond acceptors (Lipinski definition) is 3. The number of likely N-dealkylation sites (N-methyl/N-ethyl adjacent to an activating group) is 1. The predicted octanol–water partition coefficient (Wildman–Crippen LogP) is 0.474. The third-order valence-electron chi connectivity index (χ3n) is 3.14. The predicted molar refractivity (Wildman–Crippen MR) is 73.5 cm³/mol. The summed E-state index contributed by atoms with van der Waals surface area (Å²) in [7, 11) is 1.76. The molecular formula is C12H24ClN3O2. The summed E-state index contributed by atoms with van der Waals surface area (Å²) in [5.41, 5.74) is 5.55. The Morgan fingerprint density at radius 2 is 2.11 bits per heavy atom. The van der Waals surface area contributed by atoms with Crippen molar-refractivity contribution < 1.29 is 9.59 Å². The lowest BCUT2D eigenvalue weighted by atomic mass is 9.93. The van der Waals surface area contributed by atoms with E-state index in [4.69, 9.17) is 5.73 Å². The molecule has 106 valence electrons. The van der Waals surface area contributed by atoms with Crippen LogP contribution in [0.15, 0.2) is 0 Å². The maximum absolute atomic E-state index is 11.9. The van der Waals surface area contributed by atoms with E-state index in [2.05, 4.69) is 0 Å². The lowest BCUT2D eigenvalue weighted by Gasteiger charge is -2.30. The zero-order valence-corrected chi connectivity index (χ0v) is 12.3. The molecule has 0 bridgehead atoms. The van der Waals surface area contributed by atoms with Gasteiger partial charge in [-0.15, -0.1) is 12.4 Å². The Morgan fingerprint density at radius 1 is 1.50 bits per heavy atom. The van der Waals surface area contributed by atoms with Crippen LogP contribution >= 0.6 is 12.4 Å². The highest BCUT2D eigenvalue weighted by Gasteiger charge is 2.26. The van der Waals surface area contributed by atoms with Crippen LogP contribution in [-0.4, -0.2) is 54.8 Å². The van der Waals surface area contributed by atoms with Gasteiger partial charge in [0.2, 0.25) is 11.8 Å². The zero-order valence-electron chi connectivity index (χ0n) is 11.4. The molecule has 1 heterocycles. The SMILES string of the molecule is CN(CC(C)(C)CN)C(=O)CN1CCCC1=O.Cl. The monoisotopic (exact) mass is 277 g/mol. The topological polar surface area (TPSA) is 66.6 Å². The van der Waals surface area contributed by atoms with Crippen LogP contribution in [0.1, 0.15) is 26.7 Å².